The largest absolute Gasteiger partial charge is 0.478 e. The van der Waals surface area contributed by atoms with Gasteiger partial charge < -0.3 is 5.11 Å². The van der Waals surface area contributed by atoms with Gasteiger partial charge in [0.15, 0.2) is 0 Å². The van der Waals surface area contributed by atoms with Crippen LogP contribution in [0.15, 0.2) is 29.4 Å². The number of rotatable bonds is 7. The van der Waals surface area contributed by atoms with Gasteiger partial charge in [0, 0.05) is 31.6 Å². The number of nitrogens with zero attached hydrogens (tertiary/aromatic N) is 2. The zero-order chi connectivity index (χ0) is 16.0. The van der Waals surface area contributed by atoms with Crippen LogP contribution in [-0.2, 0) is 14.8 Å². The van der Waals surface area contributed by atoms with Crippen molar-refractivity contribution in [2.45, 2.75) is 25.7 Å². The molecular weight excluding hydrogens is 292 g/mol. The monoisotopic (exact) mass is 312 g/mol. The molecule has 1 aromatic rings. The number of carboxylic acid groups (broad SMARTS) is 1. The summed E-state index contributed by atoms with van der Waals surface area (Å²) in [7, 11) is -3.62. The van der Waals surface area contributed by atoms with E-state index in [1.807, 2.05) is 13.8 Å². The molecule has 0 bridgehead atoms. The molecule has 1 N–H and O–H groups in total. The van der Waals surface area contributed by atoms with Crippen LogP contribution >= 0.6 is 0 Å². The summed E-state index contributed by atoms with van der Waals surface area (Å²) in [6, 6.07) is 1.42. The molecule has 21 heavy (non-hydrogen) atoms. The number of pyridine rings is 1. The molecule has 6 nitrogen and oxygen atoms in total. The highest BCUT2D eigenvalue weighted by Crippen LogP contribution is 2.17. The molecule has 7 heteroatoms. The maximum Gasteiger partial charge on any atom is 0.328 e. The Labute approximate surface area is 125 Å². The van der Waals surface area contributed by atoms with Crippen LogP contribution in [0.5, 0.6) is 0 Å². The van der Waals surface area contributed by atoms with Crippen molar-refractivity contribution < 1.29 is 18.3 Å². The lowest BCUT2D eigenvalue weighted by atomic mass is 10.2. The third-order valence-corrected chi connectivity index (χ3v) is 4.62. The van der Waals surface area contributed by atoms with Crippen LogP contribution in [0.25, 0.3) is 6.08 Å². The fourth-order valence-electron chi connectivity index (χ4n) is 1.79. The summed E-state index contributed by atoms with van der Waals surface area (Å²) in [5, 5.41) is 8.60. The normalized spacial score (nSPS) is 12.4. The van der Waals surface area contributed by atoms with Gasteiger partial charge in [-0.1, -0.05) is 20.8 Å². The highest BCUT2D eigenvalue weighted by molar-refractivity contribution is 7.89. The Balaban J connectivity index is 3.13. The Morgan fingerprint density at radius 3 is 2.62 bits per heavy atom. The number of hydrogen-bond donors (Lipinski definition) is 1. The Morgan fingerprint density at radius 2 is 2.10 bits per heavy atom. The first kappa shape index (κ1) is 17.3. The molecule has 1 rings (SSSR count). The summed E-state index contributed by atoms with van der Waals surface area (Å²) in [6.45, 7) is 6.47. The first-order valence-electron chi connectivity index (χ1n) is 6.63. The summed E-state index contributed by atoms with van der Waals surface area (Å²) < 4.78 is 26.5. The molecule has 1 heterocycles. The Morgan fingerprint density at radius 1 is 1.43 bits per heavy atom. The van der Waals surface area contributed by atoms with Crippen molar-refractivity contribution in [3.05, 3.63) is 30.1 Å². The van der Waals surface area contributed by atoms with E-state index in [4.69, 9.17) is 5.11 Å². The molecule has 0 fully saturated rings. The van der Waals surface area contributed by atoms with E-state index in [9.17, 15) is 13.2 Å². The Hall–Kier alpha value is -1.73. The first-order chi connectivity index (χ1) is 9.77. The Bertz CT molecular complexity index is 624. The second kappa shape index (κ2) is 7.33. The van der Waals surface area contributed by atoms with Crippen molar-refractivity contribution in [3.8, 4) is 0 Å². The number of aromatic nitrogens is 1. The average Bonchev–Trinajstić information content (AvgIpc) is 2.42. The summed E-state index contributed by atoms with van der Waals surface area (Å²) in [6.07, 6.45) is 4.94. The van der Waals surface area contributed by atoms with Gasteiger partial charge in [-0.15, -0.1) is 0 Å². The second-order valence-corrected chi connectivity index (χ2v) is 6.91. The average molecular weight is 312 g/mol. The van der Waals surface area contributed by atoms with E-state index in [1.165, 1.54) is 28.8 Å². The van der Waals surface area contributed by atoms with E-state index in [1.54, 1.807) is 6.92 Å². The molecule has 1 aromatic heterocycles. The number of carboxylic acids is 1. The highest BCUT2D eigenvalue weighted by atomic mass is 32.2. The second-order valence-electron chi connectivity index (χ2n) is 4.98. The third kappa shape index (κ3) is 4.95. The molecule has 116 valence electrons. The number of hydrogen-bond acceptors (Lipinski definition) is 4. The van der Waals surface area contributed by atoms with Gasteiger partial charge in [0.1, 0.15) is 4.90 Å². The molecule has 0 saturated carbocycles. The first-order valence-corrected chi connectivity index (χ1v) is 8.07. The quantitative estimate of drug-likeness (QED) is 0.776. The maximum atomic E-state index is 12.5. The minimum Gasteiger partial charge on any atom is -0.478 e. The van der Waals surface area contributed by atoms with E-state index in [-0.39, 0.29) is 10.8 Å². The number of aliphatic carboxylic acids is 1. The van der Waals surface area contributed by atoms with Gasteiger partial charge in [-0.2, -0.15) is 4.31 Å². The molecule has 0 aromatic carbocycles. The fraction of sp³-hybridized carbons (Fsp3) is 0.429. The number of sulfonamides is 1. The van der Waals surface area contributed by atoms with E-state index in [2.05, 4.69) is 4.98 Å². The highest BCUT2D eigenvalue weighted by Gasteiger charge is 2.24. The predicted octanol–water partition coefficient (Wildman–Crippen LogP) is 1.85. The molecule has 0 spiro atoms. The van der Waals surface area contributed by atoms with Crippen molar-refractivity contribution in [1.82, 2.24) is 9.29 Å². The van der Waals surface area contributed by atoms with Crippen LogP contribution in [0.4, 0.5) is 0 Å². The minimum absolute atomic E-state index is 0.0672. The molecule has 0 aliphatic rings. The van der Waals surface area contributed by atoms with Crippen LogP contribution in [0.3, 0.4) is 0 Å². The van der Waals surface area contributed by atoms with Crippen LogP contribution in [0, 0.1) is 5.92 Å². The molecule has 0 saturated heterocycles. The summed E-state index contributed by atoms with van der Waals surface area (Å²) in [5.74, 6) is -0.888. The van der Waals surface area contributed by atoms with Gasteiger partial charge >= 0.3 is 5.97 Å². The van der Waals surface area contributed by atoms with Crippen LogP contribution in [0.2, 0.25) is 0 Å². The van der Waals surface area contributed by atoms with E-state index in [0.717, 1.165) is 6.08 Å². The van der Waals surface area contributed by atoms with E-state index in [0.29, 0.717) is 18.7 Å². The van der Waals surface area contributed by atoms with Gasteiger partial charge in [-0.05, 0) is 23.6 Å². The van der Waals surface area contributed by atoms with Crippen LogP contribution in [0.1, 0.15) is 26.3 Å². The summed E-state index contributed by atoms with van der Waals surface area (Å²) in [5.41, 5.74) is 0.430. The molecule has 0 aliphatic heterocycles. The topological polar surface area (TPSA) is 87.6 Å². The van der Waals surface area contributed by atoms with Crippen molar-refractivity contribution in [2.75, 3.05) is 13.1 Å². The van der Waals surface area contributed by atoms with Gasteiger partial charge in [0.05, 0.1) is 0 Å². The lowest BCUT2D eigenvalue weighted by Crippen LogP contribution is -2.34. The predicted molar refractivity (Wildman–Crippen MR) is 80.2 cm³/mol. The SMILES string of the molecule is CCN(CC(C)C)S(=O)(=O)c1cncc(C=CC(=O)O)c1. The summed E-state index contributed by atoms with van der Waals surface area (Å²) in [4.78, 5) is 14.4. The van der Waals surface area contributed by atoms with Gasteiger partial charge in [0.2, 0.25) is 10.0 Å². The van der Waals surface area contributed by atoms with E-state index >= 15 is 0 Å². The standard InChI is InChI=1S/C14H20N2O4S/c1-4-16(10-11(2)3)21(19,20)13-7-12(8-15-9-13)5-6-14(17)18/h5-9,11H,4,10H2,1-3H3,(H,17,18). The van der Waals surface area contributed by atoms with Crippen molar-refractivity contribution in [2.24, 2.45) is 5.92 Å². The summed E-state index contributed by atoms with van der Waals surface area (Å²) >= 11 is 0. The zero-order valence-electron chi connectivity index (χ0n) is 12.4. The minimum atomic E-state index is -3.62. The molecule has 0 atom stereocenters. The lowest BCUT2D eigenvalue weighted by molar-refractivity contribution is -0.131. The van der Waals surface area contributed by atoms with Crippen LogP contribution in [-0.4, -0.2) is 41.9 Å². The van der Waals surface area contributed by atoms with Crippen LogP contribution < -0.4 is 0 Å². The van der Waals surface area contributed by atoms with Gasteiger partial charge in [-0.25, -0.2) is 13.2 Å². The number of carbonyl (C=O) groups is 1. The zero-order valence-corrected chi connectivity index (χ0v) is 13.2. The van der Waals surface area contributed by atoms with Gasteiger partial charge in [-0.3, -0.25) is 4.98 Å². The molecule has 0 unspecified atom stereocenters. The lowest BCUT2D eigenvalue weighted by Gasteiger charge is -2.22. The van der Waals surface area contributed by atoms with Crippen molar-refractivity contribution in [3.63, 3.8) is 0 Å². The molecule has 0 aliphatic carbocycles. The Kier molecular flexibility index (Phi) is 6.04. The molecular formula is C14H20N2O4S. The molecule has 0 radical (unpaired) electrons. The van der Waals surface area contributed by atoms with Crippen molar-refractivity contribution >= 4 is 22.1 Å². The maximum absolute atomic E-state index is 12.5. The molecule has 0 amide bonds. The van der Waals surface area contributed by atoms with Gasteiger partial charge in [0.25, 0.3) is 0 Å². The van der Waals surface area contributed by atoms with E-state index < -0.39 is 16.0 Å². The third-order valence-electron chi connectivity index (χ3n) is 2.71. The smallest absolute Gasteiger partial charge is 0.328 e. The van der Waals surface area contributed by atoms with Crippen molar-refractivity contribution in [1.29, 1.82) is 0 Å². The fourth-order valence-corrected chi connectivity index (χ4v) is 3.40.